The smallest absolute Gasteiger partial charge is 0.134 e. The third-order valence-electron chi connectivity index (χ3n) is 3.80. The Morgan fingerprint density at radius 1 is 1.26 bits per heavy atom. The van der Waals surface area contributed by atoms with Crippen LogP contribution in [0.4, 0.5) is 5.82 Å². The molecule has 1 atom stereocenters. The Labute approximate surface area is 118 Å². The predicted octanol–water partition coefficient (Wildman–Crippen LogP) is 1.43. The van der Waals surface area contributed by atoms with Crippen molar-refractivity contribution in [2.24, 2.45) is 0 Å². The van der Waals surface area contributed by atoms with Crippen molar-refractivity contribution in [2.75, 3.05) is 44.2 Å². The summed E-state index contributed by atoms with van der Waals surface area (Å²) in [5, 5.41) is 0.506. The Hall–Kier alpha value is -0.910. The molecular weight excluding hydrogens is 264 g/mol. The Morgan fingerprint density at radius 3 is 2.79 bits per heavy atom. The number of nitrogens with zero attached hydrogens (tertiary/aromatic N) is 4. The first-order chi connectivity index (χ1) is 9.31. The van der Waals surface area contributed by atoms with Crippen molar-refractivity contribution >= 4 is 17.4 Å². The standard InChI is InChI=1S/C13H19ClN4O/c14-12-8-13(16-10-15-12)18-5-3-17(4-6-18)9-11-2-1-7-19-11/h8,10-11H,1-7,9H2/t11-/m0/s1. The molecule has 2 fully saturated rings. The van der Waals surface area contributed by atoms with E-state index in [1.165, 1.54) is 19.2 Å². The number of hydrogen-bond donors (Lipinski definition) is 0. The van der Waals surface area contributed by atoms with Crippen molar-refractivity contribution in [1.82, 2.24) is 14.9 Å². The van der Waals surface area contributed by atoms with Crippen LogP contribution in [-0.4, -0.2) is 60.3 Å². The number of piperazine rings is 1. The van der Waals surface area contributed by atoms with Crippen molar-refractivity contribution < 1.29 is 4.74 Å². The second-order valence-electron chi connectivity index (χ2n) is 5.12. The van der Waals surface area contributed by atoms with Crippen LogP contribution in [0.15, 0.2) is 12.4 Å². The van der Waals surface area contributed by atoms with Gasteiger partial charge in [-0.05, 0) is 12.8 Å². The molecule has 2 aliphatic rings. The molecule has 6 heteroatoms. The summed E-state index contributed by atoms with van der Waals surface area (Å²) in [6.07, 6.45) is 4.39. The zero-order valence-corrected chi connectivity index (χ0v) is 11.7. The first-order valence-corrected chi connectivity index (χ1v) is 7.25. The average molecular weight is 283 g/mol. The fourth-order valence-electron chi connectivity index (χ4n) is 2.73. The fourth-order valence-corrected chi connectivity index (χ4v) is 2.87. The van der Waals surface area contributed by atoms with Crippen LogP contribution < -0.4 is 4.90 Å². The Bertz CT molecular complexity index is 417. The summed E-state index contributed by atoms with van der Waals surface area (Å²) in [6.45, 7) is 6.09. The van der Waals surface area contributed by atoms with Crippen LogP contribution in [0, 0.1) is 0 Å². The van der Waals surface area contributed by atoms with Gasteiger partial charge in [0.05, 0.1) is 6.10 Å². The minimum atomic E-state index is 0.444. The van der Waals surface area contributed by atoms with E-state index in [0.29, 0.717) is 11.3 Å². The van der Waals surface area contributed by atoms with Crippen LogP contribution >= 0.6 is 11.6 Å². The van der Waals surface area contributed by atoms with E-state index in [0.717, 1.165) is 45.1 Å². The Kier molecular flexibility index (Phi) is 4.15. The Balaban J connectivity index is 1.51. The second-order valence-corrected chi connectivity index (χ2v) is 5.51. The molecule has 0 radical (unpaired) electrons. The number of rotatable bonds is 3. The third kappa shape index (κ3) is 3.35. The largest absolute Gasteiger partial charge is 0.377 e. The van der Waals surface area contributed by atoms with Gasteiger partial charge in [0, 0.05) is 45.4 Å². The molecule has 3 rings (SSSR count). The maximum Gasteiger partial charge on any atom is 0.134 e. The minimum absolute atomic E-state index is 0.444. The molecule has 0 aromatic carbocycles. The van der Waals surface area contributed by atoms with Gasteiger partial charge in [0.15, 0.2) is 0 Å². The summed E-state index contributed by atoms with van der Waals surface area (Å²) < 4.78 is 5.69. The van der Waals surface area contributed by atoms with Crippen LogP contribution in [0.1, 0.15) is 12.8 Å². The molecule has 104 valence electrons. The maximum absolute atomic E-state index is 5.90. The molecule has 1 aromatic heterocycles. The highest BCUT2D eigenvalue weighted by atomic mass is 35.5. The van der Waals surface area contributed by atoms with E-state index in [2.05, 4.69) is 19.8 Å². The van der Waals surface area contributed by atoms with Crippen molar-refractivity contribution in [3.8, 4) is 0 Å². The lowest BCUT2D eigenvalue weighted by Gasteiger charge is -2.36. The lowest BCUT2D eigenvalue weighted by Crippen LogP contribution is -2.48. The monoisotopic (exact) mass is 282 g/mol. The normalized spacial score (nSPS) is 24.9. The zero-order chi connectivity index (χ0) is 13.1. The van der Waals surface area contributed by atoms with E-state index >= 15 is 0 Å². The van der Waals surface area contributed by atoms with E-state index in [-0.39, 0.29) is 0 Å². The van der Waals surface area contributed by atoms with Crippen LogP contribution in [0.2, 0.25) is 5.15 Å². The van der Waals surface area contributed by atoms with Gasteiger partial charge in [-0.3, -0.25) is 4.90 Å². The highest BCUT2D eigenvalue weighted by Gasteiger charge is 2.23. The number of anilines is 1. The van der Waals surface area contributed by atoms with Gasteiger partial charge in [-0.25, -0.2) is 9.97 Å². The van der Waals surface area contributed by atoms with Crippen LogP contribution in [0.25, 0.3) is 0 Å². The fraction of sp³-hybridized carbons (Fsp3) is 0.692. The molecule has 0 bridgehead atoms. The van der Waals surface area contributed by atoms with E-state index in [4.69, 9.17) is 16.3 Å². The van der Waals surface area contributed by atoms with E-state index in [1.807, 2.05) is 6.07 Å². The van der Waals surface area contributed by atoms with E-state index < -0.39 is 0 Å². The van der Waals surface area contributed by atoms with E-state index in [9.17, 15) is 0 Å². The molecule has 0 amide bonds. The molecule has 0 N–H and O–H groups in total. The van der Waals surface area contributed by atoms with Crippen molar-refractivity contribution in [3.05, 3.63) is 17.5 Å². The average Bonchev–Trinajstić information content (AvgIpc) is 2.92. The highest BCUT2D eigenvalue weighted by molar-refractivity contribution is 6.29. The van der Waals surface area contributed by atoms with Crippen molar-refractivity contribution in [3.63, 3.8) is 0 Å². The molecule has 2 saturated heterocycles. The third-order valence-corrected chi connectivity index (χ3v) is 4.01. The minimum Gasteiger partial charge on any atom is -0.377 e. The van der Waals surface area contributed by atoms with E-state index in [1.54, 1.807) is 0 Å². The molecule has 0 unspecified atom stereocenters. The summed E-state index contributed by atoms with van der Waals surface area (Å²) in [5.41, 5.74) is 0. The second kappa shape index (κ2) is 6.03. The number of halogens is 1. The molecule has 2 aliphatic heterocycles. The van der Waals surface area contributed by atoms with Gasteiger partial charge >= 0.3 is 0 Å². The van der Waals surface area contributed by atoms with Crippen LogP contribution in [-0.2, 0) is 4.74 Å². The number of aromatic nitrogens is 2. The molecule has 5 nitrogen and oxygen atoms in total. The van der Waals surface area contributed by atoms with Crippen LogP contribution in [0.3, 0.4) is 0 Å². The molecule has 0 spiro atoms. The molecular formula is C13H19ClN4O. The Morgan fingerprint density at radius 2 is 2.11 bits per heavy atom. The SMILES string of the molecule is Clc1cc(N2CCN(C[C@@H]3CCCO3)CC2)ncn1. The first-order valence-electron chi connectivity index (χ1n) is 6.88. The summed E-state index contributed by atoms with van der Waals surface area (Å²) in [6, 6.07) is 1.83. The van der Waals surface area contributed by atoms with Gasteiger partial charge in [-0.1, -0.05) is 11.6 Å². The van der Waals surface area contributed by atoms with Gasteiger partial charge in [0.2, 0.25) is 0 Å². The van der Waals surface area contributed by atoms with Crippen molar-refractivity contribution in [1.29, 1.82) is 0 Å². The molecule has 0 saturated carbocycles. The van der Waals surface area contributed by atoms with Gasteiger partial charge in [0.25, 0.3) is 0 Å². The molecule has 3 heterocycles. The first kappa shape index (κ1) is 13.1. The lowest BCUT2D eigenvalue weighted by molar-refractivity contribution is 0.0712. The molecule has 1 aromatic rings. The summed E-state index contributed by atoms with van der Waals surface area (Å²) >= 11 is 5.90. The zero-order valence-electron chi connectivity index (χ0n) is 11.0. The lowest BCUT2D eigenvalue weighted by atomic mass is 10.2. The summed E-state index contributed by atoms with van der Waals surface area (Å²) in [7, 11) is 0. The number of ether oxygens (including phenoxy) is 1. The van der Waals surface area contributed by atoms with Gasteiger partial charge in [-0.15, -0.1) is 0 Å². The van der Waals surface area contributed by atoms with Crippen molar-refractivity contribution in [2.45, 2.75) is 18.9 Å². The quantitative estimate of drug-likeness (QED) is 0.785. The van der Waals surface area contributed by atoms with Crippen LogP contribution in [0.5, 0.6) is 0 Å². The summed E-state index contributed by atoms with van der Waals surface area (Å²) in [5.74, 6) is 0.928. The van der Waals surface area contributed by atoms with Gasteiger partial charge in [-0.2, -0.15) is 0 Å². The highest BCUT2D eigenvalue weighted by Crippen LogP contribution is 2.18. The topological polar surface area (TPSA) is 41.5 Å². The predicted molar refractivity (Wildman–Crippen MR) is 74.7 cm³/mol. The maximum atomic E-state index is 5.90. The van der Waals surface area contributed by atoms with Gasteiger partial charge in [0.1, 0.15) is 17.3 Å². The molecule has 19 heavy (non-hydrogen) atoms. The van der Waals surface area contributed by atoms with Gasteiger partial charge < -0.3 is 9.64 Å². The molecule has 0 aliphatic carbocycles. The summed E-state index contributed by atoms with van der Waals surface area (Å²) in [4.78, 5) is 12.9. The number of hydrogen-bond acceptors (Lipinski definition) is 5.